The molecule has 0 radical (unpaired) electrons. The number of amides is 1. The smallest absolute Gasteiger partial charge is 0.254 e. The van der Waals surface area contributed by atoms with Gasteiger partial charge in [-0.1, -0.05) is 6.92 Å². The third kappa shape index (κ3) is 2.95. The molecule has 0 aromatic heterocycles. The Morgan fingerprint density at radius 1 is 1.56 bits per heavy atom. The number of carbonyl (C=O) groups is 1. The summed E-state index contributed by atoms with van der Waals surface area (Å²) in [7, 11) is 1.59. The molecule has 0 saturated carbocycles. The lowest BCUT2D eigenvalue weighted by molar-refractivity contribution is -0.153. The molecule has 1 aliphatic heterocycles. The number of rotatable bonds is 5. The van der Waals surface area contributed by atoms with Crippen molar-refractivity contribution in [3.05, 3.63) is 0 Å². The fraction of sp³-hybridized carbons (Fsp3) is 0.917. The van der Waals surface area contributed by atoms with Crippen molar-refractivity contribution >= 4 is 5.91 Å². The highest BCUT2D eigenvalue weighted by molar-refractivity contribution is 5.84. The van der Waals surface area contributed by atoms with Gasteiger partial charge in [0.25, 0.3) is 5.91 Å². The minimum Gasteiger partial charge on any atom is -0.369 e. The highest BCUT2D eigenvalue weighted by atomic mass is 16.5. The van der Waals surface area contributed by atoms with E-state index in [0.29, 0.717) is 6.04 Å². The van der Waals surface area contributed by atoms with Crippen molar-refractivity contribution in [2.24, 2.45) is 0 Å². The van der Waals surface area contributed by atoms with Crippen LogP contribution in [0.15, 0.2) is 0 Å². The van der Waals surface area contributed by atoms with Gasteiger partial charge in [-0.25, -0.2) is 0 Å². The number of methoxy groups -OCH3 is 1. The Labute approximate surface area is 98.3 Å². The lowest BCUT2D eigenvalue weighted by atomic mass is 10.1. The summed E-state index contributed by atoms with van der Waals surface area (Å²) < 4.78 is 5.27. The zero-order valence-electron chi connectivity index (χ0n) is 10.9. The summed E-state index contributed by atoms with van der Waals surface area (Å²) in [5.74, 6) is 0.102. The van der Waals surface area contributed by atoms with Crippen molar-refractivity contribution in [3.63, 3.8) is 0 Å². The molecule has 4 nitrogen and oxygen atoms in total. The summed E-state index contributed by atoms with van der Waals surface area (Å²) in [6, 6.07) is 0.335. The standard InChI is InChI=1S/C12H24N2O2/c1-5-8-14(10-6-7-13-9-10)11(15)12(2,3)16-4/h10,13H,5-9H2,1-4H3. The van der Waals surface area contributed by atoms with E-state index in [-0.39, 0.29) is 5.91 Å². The molecule has 1 heterocycles. The highest BCUT2D eigenvalue weighted by Gasteiger charge is 2.35. The van der Waals surface area contributed by atoms with Crippen LogP contribution in [-0.2, 0) is 9.53 Å². The fourth-order valence-electron chi connectivity index (χ4n) is 2.03. The van der Waals surface area contributed by atoms with Gasteiger partial charge in [0, 0.05) is 26.2 Å². The summed E-state index contributed by atoms with van der Waals surface area (Å²) in [5.41, 5.74) is -0.711. The predicted octanol–water partition coefficient (Wildman–Crippen LogP) is 1.01. The van der Waals surface area contributed by atoms with E-state index in [1.54, 1.807) is 7.11 Å². The second-order valence-electron chi connectivity index (χ2n) is 4.86. The molecule has 0 spiro atoms. The SMILES string of the molecule is CCCN(C(=O)C(C)(C)OC)C1CCNC1. The first-order valence-corrected chi connectivity index (χ1v) is 6.10. The molecular formula is C12H24N2O2. The summed E-state index contributed by atoms with van der Waals surface area (Å²) in [4.78, 5) is 14.3. The number of nitrogens with one attached hydrogen (secondary N) is 1. The van der Waals surface area contributed by atoms with Crippen LogP contribution in [0.4, 0.5) is 0 Å². The van der Waals surface area contributed by atoms with Gasteiger partial charge >= 0.3 is 0 Å². The second kappa shape index (κ2) is 5.64. The first-order valence-electron chi connectivity index (χ1n) is 6.10. The van der Waals surface area contributed by atoms with E-state index in [1.165, 1.54) is 0 Å². The van der Waals surface area contributed by atoms with Crippen molar-refractivity contribution in [1.82, 2.24) is 10.2 Å². The van der Waals surface area contributed by atoms with E-state index in [1.807, 2.05) is 18.7 Å². The Bertz CT molecular complexity index is 235. The van der Waals surface area contributed by atoms with Crippen molar-refractivity contribution in [1.29, 1.82) is 0 Å². The van der Waals surface area contributed by atoms with Gasteiger partial charge in [0.1, 0.15) is 5.60 Å². The normalized spacial score (nSPS) is 21.1. The van der Waals surface area contributed by atoms with E-state index in [0.717, 1.165) is 32.5 Å². The second-order valence-corrected chi connectivity index (χ2v) is 4.86. The van der Waals surface area contributed by atoms with Gasteiger partial charge in [0.15, 0.2) is 0 Å². The van der Waals surface area contributed by atoms with Gasteiger partial charge in [-0.2, -0.15) is 0 Å². The predicted molar refractivity (Wildman–Crippen MR) is 64.4 cm³/mol. The molecule has 1 fully saturated rings. The largest absolute Gasteiger partial charge is 0.369 e. The van der Waals surface area contributed by atoms with Gasteiger partial charge in [-0.05, 0) is 33.2 Å². The van der Waals surface area contributed by atoms with Crippen LogP contribution in [0.1, 0.15) is 33.6 Å². The maximum Gasteiger partial charge on any atom is 0.254 e. The molecule has 1 N–H and O–H groups in total. The molecule has 0 aromatic rings. The van der Waals surface area contributed by atoms with Gasteiger partial charge < -0.3 is 15.0 Å². The van der Waals surface area contributed by atoms with Gasteiger partial charge in [0.05, 0.1) is 0 Å². The van der Waals surface area contributed by atoms with Crippen LogP contribution < -0.4 is 5.32 Å². The molecular weight excluding hydrogens is 204 g/mol. The van der Waals surface area contributed by atoms with E-state index in [4.69, 9.17) is 4.74 Å². The number of carbonyl (C=O) groups excluding carboxylic acids is 1. The van der Waals surface area contributed by atoms with E-state index >= 15 is 0 Å². The molecule has 1 amide bonds. The van der Waals surface area contributed by atoms with Crippen molar-refractivity contribution < 1.29 is 9.53 Å². The zero-order valence-corrected chi connectivity index (χ0v) is 10.9. The molecule has 1 atom stereocenters. The summed E-state index contributed by atoms with van der Waals surface area (Å²) in [6.07, 6.45) is 2.04. The minimum absolute atomic E-state index is 0.102. The molecule has 0 aromatic carbocycles. The topological polar surface area (TPSA) is 41.6 Å². The average Bonchev–Trinajstić information content (AvgIpc) is 2.78. The number of hydrogen-bond donors (Lipinski definition) is 1. The molecule has 1 unspecified atom stereocenters. The third-order valence-corrected chi connectivity index (χ3v) is 3.23. The molecule has 4 heteroatoms. The van der Waals surface area contributed by atoms with Crippen molar-refractivity contribution in [2.45, 2.75) is 45.3 Å². The maximum absolute atomic E-state index is 12.3. The van der Waals surface area contributed by atoms with E-state index in [2.05, 4.69) is 12.2 Å². The molecule has 94 valence electrons. The molecule has 1 saturated heterocycles. The highest BCUT2D eigenvalue weighted by Crippen LogP contribution is 2.18. The molecule has 0 bridgehead atoms. The lowest BCUT2D eigenvalue weighted by Crippen LogP contribution is -2.51. The van der Waals surface area contributed by atoms with Crippen LogP contribution in [0.5, 0.6) is 0 Å². The van der Waals surface area contributed by atoms with Gasteiger partial charge in [0.2, 0.25) is 0 Å². The minimum atomic E-state index is -0.711. The van der Waals surface area contributed by atoms with Gasteiger partial charge in [-0.3, -0.25) is 4.79 Å². The van der Waals surface area contributed by atoms with E-state index in [9.17, 15) is 4.79 Å². The molecule has 0 aliphatic carbocycles. The first-order chi connectivity index (χ1) is 7.53. The average molecular weight is 228 g/mol. The van der Waals surface area contributed by atoms with Crippen molar-refractivity contribution in [3.8, 4) is 0 Å². The summed E-state index contributed by atoms with van der Waals surface area (Å²) in [5, 5.41) is 3.30. The Morgan fingerprint density at radius 3 is 2.69 bits per heavy atom. The summed E-state index contributed by atoms with van der Waals surface area (Å²) in [6.45, 7) is 8.50. The first kappa shape index (κ1) is 13.5. The number of hydrogen-bond acceptors (Lipinski definition) is 3. The van der Waals surface area contributed by atoms with Crippen LogP contribution in [0.2, 0.25) is 0 Å². The third-order valence-electron chi connectivity index (χ3n) is 3.23. The zero-order chi connectivity index (χ0) is 12.2. The maximum atomic E-state index is 12.3. The summed E-state index contributed by atoms with van der Waals surface area (Å²) >= 11 is 0. The van der Waals surface area contributed by atoms with Crippen LogP contribution in [0.25, 0.3) is 0 Å². The van der Waals surface area contributed by atoms with Crippen LogP contribution >= 0.6 is 0 Å². The number of nitrogens with zero attached hydrogens (tertiary/aromatic N) is 1. The Morgan fingerprint density at radius 2 is 2.25 bits per heavy atom. The lowest BCUT2D eigenvalue weighted by Gasteiger charge is -2.34. The quantitative estimate of drug-likeness (QED) is 0.763. The molecule has 1 aliphatic rings. The Kier molecular flexibility index (Phi) is 4.74. The van der Waals surface area contributed by atoms with Crippen LogP contribution in [0, 0.1) is 0 Å². The fourth-order valence-corrected chi connectivity index (χ4v) is 2.03. The monoisotopic (exact) mass is 228 g/mol. The van der Waals surface area contributed by atoms with Gasteiger partial charge in [-0.15, -0.1) is 0 Å². The number of ether oxygens (including phenoxy) is 1. The van der Waals surface area contributed by atoms with Crippen LogP contribution in [-0.4, -0.2) is 49.2 Å². The van der Waals surface area contributed by atoms with Crippen LogP contribution in [0.3, 0.4) is 0 Å². The molecule has 1 rings (SSSR count). The Hall–Kier alpha value is -0.610. The van der Waals surface area contributed by atoms with E-state index < -0.39 is 5.60 Å². The Balaban J connectivity index is 2.72. The molecule has 16 heavy (non-hydrogen) atoms. The van der Waals surface area contributed by atoms with Crippen molar-refractivity contribution in [2.75, 3.05) is 26.7 Å².